The third-order valence-corrected chi connectivity index (χ3v) is 4.37. The van der Waals surface area contributed by atoms with Crippen molar-refractivity contribution in [2.75, 3.05) is 6.54 Å². The fraction of sp³-hybridized carbons (Fsp3) is 0.357. The Morgan fingerprint density at radius 2 is 2.05 bits per heavy atom. The van der Waals surface area contributed by atoms with Crippen molar-refractivity contribution in [1.82, 2.24) is 10.2 Å². The Balaban J connectivity index is 1.95. The van der Waals surface area contributed by atoms with Gasteiger partial charge in [0.2, 0.25) is 0 Å². The third kappa shape index (κ3) is 2.41. The Morgan fingerprint density at radius 3 is 2.73 bits per heavy atom. The SMILES string of the molecule is O=C(O)CC1=C2C[C@H](c3c(F)ccc(F)c3F)CN2[C@H](S)N1. The molecule has 0 aromatic heterocycles. The smallest absolute Gasteiger partial charge is 0.309 e. The van der Waals surface area contributed by atoms with Crippen LogP contribution in [0.2, 0.25) is 0 Å². The minimum Gasteiger partial charge on any atom is -0.481 e. The van der Waals surface area contributed by atoms with Crippen LogP contribution >= 0.6 is 12.6 Å². The van der Waals surface area contributed by atoms with Gasteiger partial charge in [-0.25, -0.2) is 13.2 Å². The van der Waals surface area contributed by atoms with Crippen molar-refractivity contribution in [3.05, 3.63) is 46.5 Å². The highest BCUT2D eigenvalue weighted by Crippen LogP contribution is 2.42. The molecule has 2 aliphatic rings. The number of aliphatic carboxylic acids is 1. The van der Waals surface area contributed by atoms with Crippen LogP contribution in [0.4, 0.5) is 13.2 Å². The second-order valence-corrected chi connectivity index (χ2v) is 5.81. The summed E-state index contributed by atoms with van der Waals surface area (Å²) in [5, 5.41) is 11.8. The predicted molar refractivity (Wildman–Crippen MR) is 75.6 cm³/mol. The van der Waals surface area contributed by atoms with Crippen molar-refractivity contribution >= 4 is 18.6 Å². The Labute approximate surface area is 130 Å². The number of fused-ring (bicyclic) bond motifs is 1. The second-order valence-electron chi connectivity index (χ2n) is 5.32. The predicted octanol–water partition coefficient (Wildman–Crippen LogP) is 2.40. The summed E-state index contributed by atoms with van der Waals surface area (Å²) in [4.78, 5) is 12.6. The van der Waals surface area contributed by atoms with E-state index >= 15 is 0 Å². The van der Waals surface area contributed by atoms with E-state index in [2.05, 4.69) is 17.9 Å². The first-order valence-corrected chi connectivity index (χ1v) is 7.18. The van der Waals surface area contributed by atoms with Crippen molar-refractivity contribution in [3.63, 3.8) is 0 Å². The highest BCUT2D eigenvalue weighted by atomic mass is 32.1. The van der Waals surface area contributed by atoms with Crippen LogP contribution in [-0.4, -0.2) is 28.0 Å². The van der Waals surface area contributed by atoms with Crippen LogP contribution in [0.1, 0.15) is 24.3 Å². The zero-order chi connectivity index (χ0) is 16.0. The molecule has 0 saturated carbocycles. The normalized spacial score (nSPS) is 23.7. The van der Waals surface area contributed by atoms with Gasteiger partial charge in [-0.2, -0.15) is 0 Å². The maximum absolute atomic E-state index is 13.9. The number of thiol groups is 1. The monoisotopic (exact) mass is 330 g/mol. The van der Waals surface area contributed by atoms with Crippen LogP contribution in [0.15, 0.2) is 23.5 Å². The van der Waals surface area contributed by atoms with Gasteiger partial charge in [0, 0.05) is 29.4 Å². The molecule has 1 aromatic rings. The molecule has 1 aromatic carbocycles. The number of nitrogens with one attached hydrogen (secondary N) is 1. The molecular formula is C14H13F3N2O2S. The van der Waals surface area contributed by atoms with E-state index in [1.54, 1.807) is 4.90 Å². The minimum atomic E-state index is -1.18. The summed E-state index contributed by atoms with van der Waals surface area (Å²) >= 11 is 4.29. The molecule has 0 unspecified atom stereocenters. The second kappa shape index (κ2) is 5.42. The molecule has 0 amide bonds. The molecule has 0 radical (unpaired) electrons. The van der Waals surface area contributed by atoms with Gasteiger partial charge in [-0.15, -0.1) is 12.6 Å². The molecule has 22 heavy (non-hydrogen) atoms. The van der Waals surface area contributed by atoms with Crippen LogP contribution in [0, 0.1) is 17.5 Å². The molecule has 8 heteroatoms. The average Bonchev–Trinajstić information content (AvgIpc) is 2.97. The lowest BCUT2D eigenvalue weighted by Crippen LogP contribution is -2.32. The summed E-state index contributed by atoms with van der Waals surface area (Å²) in [6.07, 6.45) is 0.0215. The topological polar surface area (TPSA) is 52.6 Å². The molecule has 0 aliphatic carbocycles. The van der Waals surface area contributed by atoms with E-state index in [4.69, 9.17) is 5.11 Å². The van der Waals surface area contributed by atoms with E-state index in [1.807, 2.05) is 0 Å². The number of carbonyl (C=O) groups is 1. The summed E-state index contributed by atoms with van der Waals surface area (Å²) in [6, 6.07) is 1.66. The molecular weight excluding hydrogens is 317 g/mol. The van der Waals surface area contributed by atoms with Crippen LogP contribution in [0.25, 0.3) is 0 Å². The van der Waals surface area contributed by atoms with E-state index < -0.39 is 34.8 Å². The quantitative estimate of drug-likeness (QED) is 0.588. The van der Waals surface area contributed by atoms with Gasteiger partial charge in [-0.3, -0.25) is 4.79 Å². The molecule has 2 heterocycles. The molecule has 1 fully saturated rings. The highest BCUT2D eigenvalue weighted by molar-refractivity contribution is 7.80. The molecule has 4 nitrogen and oxygen atoms in total. The van der Waals surface area contributed by atoms with Crippen LogP contribution in [0.5, 0.6) is 0 Å². The number of carboxylic acid groups (broad SMARTS) is 1. The summed E-state index contributed by atoms with van der Waals surface area (Å²) in [6.45, 7) is 0.247. The van der Waals surface area contributed by atoms with Crippen molar-refractivity contribution in [2.45, 2.75) is 24.3 Å². The van der Waals surface area contributed by atoms with Crippen LogP contribution in [-0.2, 0) is 4.79 Å². The van der Waals surface area contributed by atoms with Gasteiger partial charge in [0.1, 0.15) is 11.3 Å². The number of halogens is 3. The summed E-state index contributed by atoms with van der Waals surface area (Å²) in [5.74, 6) is -4.66. The lowest BCUT2D eigenvalue weighted by Gasteiger charge is -2.21. The van der Waals surface area contributed by atoms with Crippen LogP contribution in [0.3, 0.4) is 0 Å². The molecule has 2 N–H and O–H groups in total. The molecule has 0 spiro atoms. The van der Waals surface area contributed by atoms with E-state index in [-0.39, 0.29) is 24.9 Å². The van der Waals surface area contributed by atoms with E-state index in [0.29, 0.717) is 11.4 Å². The Morgan fingerprint density at radius 1 is 1.36 bits per heavy atom. The Bertz CT molecular complexity index is 680. The maximum atomic E-state index is 13.9. The molecule has 1 saturated heterocycles. The van der Waals surface area contributed by atoms with Crippen molar-refractivity contribution in [1.29, 1.82) is 0 Å². The zero-order valence-electron chi connectivity index (χ0n) is 11.3. The van der Waals surface area contributed by atoms with E-state index in [1.165, 1.54) is 0 Å². The number of allylic oxidation sites excluding steroid dienone is 1. The van der Waals surface area contributed by atoms with Gasteiger partial charge >= 0.3 is 5.97 Å². The summed E-state index contributed by atoms with van der Waals surface area (Å²) in [7, 11) is 0. The summed E-state index contributed by atoms with van der Waals surface area (Å²) < 4.78 is 41.2. The average molecular weight is 330 g/mol. The minimum absolute atomic E-state index is 0.219. The fourth-order valence-electron chi connectivity index (χ4n) is 3.04. The van der Waals surface area contributed by atoms with Gasteiger partial charge in [0.05, 0.1) is 6.42 Å². The lowest BCUT2D eigenvalue weighted by atomic mass is 9.95. The van der Waals surface area contributed by atoms with E-state index in [0.717, 1.165) is 12.1 Å². The standard InChI is InChI=1S/C14H13F3N2O2S/c15-7-1-2-8(16)13(17)12(7)6-3-10-9(4-11(20)21)18-14(22)19(10)5-6/h1-2,6,14,18,22H,3-5H2,(H,20,21)/t6-,14+/m0/s1. The fourth-order valence-corrected chi connectivity index (χ4v) is 3.43. The molecule has 0 bridgehead atoms. The van der Waals surface area contributed by atoms with Gasteiger partial charge in [0.25, 0.3) is 0 Å². The largest absolute Gasteiger partial charge is 0.481 e. The molecule has 118 valence electrons. The van der Waals surface area contributed by atoms with Crippen LogP contribution < -0.4 is 5.32 Å². The lowest BCUT2D eigenvalue weighted by molar-refractivity contribution is -0.136. The Kier molecular flexibility index (Phi) is 3.72. The number of hydrogen-bond acceptors (Lipinski definition) is 4. The highest BCUT2D eigenvalue weighted by Gasteiger charge is 2.40. The maximum Gasteiger partial charge on any atom is 0.309 e. The summed E-state index contributed by atoms with van der Waals surface area (Å²) in [5.41, 5.74) is 0.397. The van der Waals surface area contributed by atoms with Gasteiger partial charge < -0.3 is 15.3 Å². The van der Waals surface area contributed by atoms with Gasteiger partial charge in [-0.1, -0.05) is 0 Å². The number of rotatable bonds is 3. The van der Waals surface area contributed by atoms with E-state index in [9.17, 15) is 18.0 Å². The van der Waals surface area contributed by atoms with Gasteiger partial charge in [0.15, 0.2) is 11.6 Å². The first-order valence-electron chi connectivity index (χ1n) is 6.67. The number of benzene rings is 1. The molecule has 3 rings (SSSR count). The third-order valence-electron chi connectivity index (χ3n) is 3.97. The van der Waals surface area contributed by atoms with Crippen molar-refractivity contribution in [3.8, 4) is 0 Å². The molecule has 2 aliphatic heterocycles. The first-order chi connectivity index (χ1) is 10.4. The zero-order valence-corrected chi connectivity index (χ0v) is 12.2. The van der Waals surface area contributed by atoms with Crippen molar-refractivity contribution < 1.29 is 23.1 Å². The number of hydrogen-bond donors (Lipinski definition) is 3. The molecule has 2 atom stereocenters. The number of carboxylic acids is 1. The van der Waals surface area contributed by atoms with Crippen molar-refractivity contribution in [2.24, 2.45) is 0 Å². The number of nitrogens with zero attached hydrogens (tertiary/aromatic N) is 1. The Hall–Kier alpha value is -1.83. The van der Waals surface area contributed by atoms with Gasteiger partial charge in [-0.05, 0) is 18.6 Å². The first kappa shape index (κ1) is 15.1.